The number of piperidine rings is 1. The van der Waals surface area contributed by atoms with Gasteiger partial charge in [-0.2, -0.15) is 5.26 Å². The Kier molecular flexibility index (Phi) is 3.66. The molecular weight excluding hydrogens is 336 g/mol. The van der Waals surface area contributed by atoms with Crippen LogP contribution in [0.3, 0.4) is 0 Å². The molecule has 0 amide bonds. The van der Waals surface area contributed by atoms with E-state index >= 15 is 0 Å². The Labute approximate surface area is 158 Å². The van der Waals surface area contributed by atoms with Crippen LogP contribution in [0.1, 0.15) is 42.9 Å². The van der Waals surface area contributed by atoms with Gasteiger partial charge >= 0.3 is 0 Å². The fourth-order valence-corrected chi connectivity index (χ4v) is 4.81. The fourth-order valence-electron chi connectivity index (χ4n) is 4.81. The van der Waals surface area contributed by atoms with Crippen molar-refractivity contribution in [3.63, 3.8) is 0 Å². The number of para-hydroxylation sites is 2. The van der Waals surface area contributed by atoms with Crippen molar-refractivity contribution in [1.82, 2.24) is 9.38 Å². The Morgan fingerprint density at radius 2 is 1.93 bits per heavy atom. The first-order chi connectivity index (χ1) is 13.1. The zero-order valence-electron chi connectivity index (χ0n) is 15.7. The predicted octanol–water partition coefficient (Wildman–Crippen LogP) is 3.45. The number of nitrogens with zero attached hydrogens (tertiary/aromatic N) is 4. The normalized spacial score (nSPS) is 18.8. The van der Waals surface area contributed by atoms with Gasteiger partial charge in [0.15, 0.2) is 5.65 Å². The summed E-state index contributed by atoms with van der Waals surface area (Å²) in [7, 11) is 0. The zero-order valence-corrected chi connectivity index (χ0v) is 15.7. The molecule has 1 fully saturated rings. The van der Waals surface area contributed by atoms with Gasteiger partial charge in [0.1, 0.15) is 11.9 Å². The van der Waals surface area contributed by atoms with Gasteiger partial charge in [0, 0.05) is 19.7 Å². The van der Waals surface area contributed by atoms with Crippen LogP contribution in [0.15, 0.2) is 24.3 Å². The van der Waals surface area contributed by atoms with E-state index in [0.29, 0.717) is 0 Å². The highest BCUT2D eigenvalue weighted by molar-refractivity contribution is 5.86. The maximum atomic E-state index is 9.88. The number of hydrogen-bond donors (Lipinski definition) is 1. The number of aliphatic hydroxyl groups is 1. The van der Waals surface area contributed by atoms with E-state index in [0.717, 1.165) is 67.4 Å². The van der Waals surface area contributed by atoms with Crippen molar-refractivity contribution in [3.05, 3.63) is 41.0 Å². The maximum Gasteiger partial charge on any atom is 0.157 e. The van der Waals surface area contributed by atoms with Crippen molar-refractivity contribution < 1.29 is 5.11 Å². The van der Waals surface area contributed by atoms with Gasteiger partial charge in [-0.05, 0) is 60.8 Å². The average molecular weight is 360 g/mol. The molecule has 1 saturated heterocycles. The lowest BCUT2D eigenvalue weighted by atomic mass is 9.81. The standard InChI is InChI=1S/C22H24N4O/c1-22(14-27)9-11-25(12-10-22)21-16-6-4-5-15(16)17(13-23)20-24-18-7-2-3-8-19(18)26(20)21/h2-3,7-8,27H,4-6,9-12,14H2,1H3. The van der Waals surface area contributed by atoms with E-state index in [9.17, 15) is 10.4 Å². The smallest absolute Gasteiger partial charge is 0.157 e. The Morgan fingerprint density at radius 1 is 1.19 bits per heavy atom. The molecule has 5 heteroatoms. The summed E-state index contributed by atoms with van der Waals surface area (Å²) in [4.78, 5) is 7.30. The van der Waals surface area contributed by atoms with Crippen LogP contribution in [0.5, 0.6) is 0 Å². The molecule has 0 unspecified atom stereocenters. The number of nitriles is 1. The van der Waals surface area contributed by atoms with E-state index in [-0.39, 0.29) is 12.0 Å². The highest BCUT2D eigenvalue weighted by Gasteiger charge is 2.33. The number of aliphatic hydroxyl groups excluding tert-OH is 1. The number of fused-ring (bicyclic) bond motifs is 4. The molecule has 5 nitrogen and oxygen atoms in total. The van der Waals surface area contributed by atoms with Gasteiger partial charge in [0.25, 0.3) is 0 Å². The summed E-state index contributed by atoms with van der Waals surface area (Å²) in [6.07, 6.45) is 5.05. The molecule has 0 radical (unpaired) electrons. The third-order valence-electron chi connectivity index (χ3n) is 6.55. The number of aromatic nitrogens is 2. The van der Waals surface area contributed by atoms with E-state index in [4.69, 9.17) is 4.98 Å². The molecule has 1 aliphatic heterocycles. The Balaban J connectivity index is 1.78. The number of pyridine rings is 1. The first-order valence-corrected chi connectivity index (χ1v) is 9.86. The SMILES string of the molecule is CC1(CO)CCN(c2c3c(c(C#N)c4nc5ccccc5n24)CCC3)CC1. The number of anilines is 1. The molecule has 1 aliphatic carbocycles. The Hall–Kier alpha value is -2.58. The lowest BCUT2D eigenvalue weighted by Gasteiger charge is -2.40. The van der Waals surface area contributed by atoms with Crippen molar-refractivity contribution in [2.75, 3.05) is 24.6 Å². The van der Waals surface area contributed by atoms with Crippen LogP contribution in [0.25, 0.3) is 16.7 Å². The number of benzene rings is 1. The van der Waals surface area contributed by atoms with Crippen molar-refractivity contribution in [3.8, 4) is 6.07 Å². The molecule has 1 aromatic carbocycles. The molecule has 3 aromatic rings. The molecule has 2 aliphatic rings. The topological polar surface area (TPSA) is 64.6 Å². The van der Waals surface area contributed by atoms with Crippen LogP contribution in [-0.2, 0) is 12.8 Å². The fraction of sp³-hybridized carbons (Fsp3) is 0.455. The summed E-state index contributed by atoms with van der Waals surface area (Å²) in [6.45, 7) is 4.28. The average Bonchev–Trinajstić information content (AvgIpc) is 3.32. The summed E-state index contributed by atoms with van der Waals surface area (Å²) in [5.41, 5.74) is 6.10. The first kappa shape index (κ1) is 16.6. The van der Waals surface area contributed by atoms with E-state index < -0.39 is 0 Å². The van der Waals surface area contributed by atoms with Gasteiger partial charge in [-0.3, -0.25) is 4.40 Å². The molecule has 27 heavy (non-hydrogen) atoms. The van der Waals surface area contributed by atoms with Crippen molar-refractivity contribution in [2.24, 2.45) is 5.41 Å². The predicted molar refractivity (Wildman–Crippen MR) is 106 cm³/mol. The minimum absolute atomic E-state index is 0.0163. The molecule has 1 N–H and O–H groups in total. The second-order valence-electron chi connectivity index (χ2n) is 8.34. The van der Waals surface area contributed by atoms with Crippen LogP contribution < -0.4 is 4.90 Å². The van der Waals surface area contributed by atoms with Gasteiger partial charge in [0.05, 0.1) is 16.6 Å². The third-order valence-corrected chi connectivity index (χ3v) is 6.55. The second-order valence-corrected chi connectivity index (χ2v) is 8.34. The summed E-state index contributed by atoms with van der Waals surface area (Å²) in [6, 6.07) is 10.6. The second kappa shape index (κ2) is 5.97. The first-order valence-electron chi connectivity index (χ1n) is 9.86. The molecular formula is C22H24N4O. The summed E-state index contributed by atoms with van der Waals surface area (Å²) >= 11 is 0. The van der Waals surface area contributed by atoms with Gasteiger partial charge in [-0.25, -0.2) is 4.98 Å². The van der Waals surface area contributed by atoms with Crippen molar-refractivity contribution in [2.45, 2.75) is 39.0 Å². The van der Waals surface area contributed by atoms with Crippen LogP contribution in [-0.4, -0.2) is 34.2 Å². The van der Waals surface area contributed by atoms with Crippen LogP contribution >= 0.6 is 0 Å². The molecule has 138 valence electrons. The molecule has 0 spiro atoms. The van der Waals surface area contributed by atoms with Crippen LogP contribution in [0.4, 0.5) is 5.82 Å². The Bertz CT molecular complexity index is 1080. The number of rotatable bonds is 2. The molecule has 0 atom stereocenters. The van der Waals surface area contributed by atoms with Crippen molar-refractivity contribution in [1.29, 1.82) is 5.26 Å². The lowest BCUT2D eigenvalue weighted by molar-refractivity contribution is 0.114. The van der Waals surface area contributed by atoms with Gasteiger partial charge < -0.3 is 10.0 Å². The molecule has 3 heterocycles. The quantitative estimate of drug-likeness (QED) is 0.760. The van der Waals surface area contributed by atoms with Crippen molar-refractivity contribution >= 4 is 22.5 Å². The molecule has 0 saturated carbocycles. The third kappa shape index (κ3) is 2.36. The lowest BCUT2D eigenvalue weighted by Crippen LogP contribution is -2.41. The highest BCUT2D eigenvalue weighted by atomic mass is 16.3. The Morgan fingerprint density at radius 3 is 2.67 bits per heavy atom. The van der Waals surface area contributed by atoms with E-state index in [2.05, 4.69) is 28.4 Å². The minimum Gasteiger partial charge on any atom is -0.396 e. The van der Waals surface area contributed by atoms with Gasteiger partial charge in [-0.15, -0.1) is 0 Å². The van der Waals surface area contributed by atoms with E-state index in [1.807, 2.05) is 18.2 Å². The monoisotopic (exact) mass is 360 g/mol. The minimum atomic E-state index is 0.0163. The molecule has 2 aromatic heterocycles. The van der Waals surface area contributed by atoms with E-state index in [1.165, 1.54) is 16.9 Å². The van der Waals surface area contributed by atoms with Crippen LogP contribution in [0.2, 0.25) is 0 Å². The summed E-state index contributed by atoms with van der Waals surface area (Å²) in [5, 5.41) is 19.6. The highest BCUT2D eigenvalue weighted by Crippen LogP contribution is 2.40. The van der Waals surface area contributed by atoms with Crippen LogP contribution in [0, 0.1) is 16.7 Å². The van der Waals surface area contributed by atoms with Gasteiger partial charge in [0.2, 0.25) is 0 Å². The number of imidazole rings is 1. The summed E-state index contributed by atoms with van der Waals surface area (Å²) < 4.78 is 2.22. The molecule has 0 bridgehead atoms. The van der Waals surface area contributed by atoms with Gasteiger partial charge in [-0.1, -0.05) is 19.1 Å². The number of hydrogen-bond acceptors (Lipinski definition) is 4. The largest absolute Gasteiger partial charge is 0.396 e. The summed E-state index contributed by atoms with van der Waals surface area (Å²) in [5.74, 6) is 1.23. The van der Waals surface area contributed by atoms with E-state index in [1.54, 1.807) is 0 Å². The maximum absolute atomic E-state index is 9.88. The molecule has 5 rings (SSSR count). The zero-order chi connectivity index (χ0) is 18.6.